The first-order valence-electron chi connectivity index (χ1n) is 5.75. The summed E-state index contributed by atoms with van der Waals surface area (Å²) in [6.07, 6.45) is 0. The monoisotopic (exact) mass is 273 g/mol. The van der Waals surface area contributed by atoms with Gasteiger partial charge in [0.15, 0.2) is 0 Å². The van der Waals surface area contributed by atoms with Crippen molar-refractivity contribution in [3.8, 4) is 0 Å². The summed E-state index contributed by atoms with van der Waals surface area (Å²) in [5, 5.41) is 3.13. The molecule has 0 aliphatic heterocycles. The fourth-order valence-electron chi connectivity index (χ4n) is 1.62. The lowest BCUT2D eigenvalue weighted by atomic mass is 10.1. The van der Waals surface area contributed by atoms with Gasteiger partial charge in [-0.05, 0) is 42.8 Å². The Kier molecular flexibility index (Phi) is 3.97. The Morgan fingerprint density at radius 1 is 1.00 bits per heavy atom. The number of nitrogens with one attached hydrogen (secondary N) is 1. The highest BCUT2D eigenvalue weighted by Crippen LogP contribution is 2.14. The molecule has 4 heteroatoms. The van der Waals surface area contributed by atoms with E-state index in [0.717, 1.165) is 5.56 Å². The number of para-hydroxylation sites is 1. The van der Waals surface area contributed by atoms with Gasteiger partial charge in [-0.15, -0.1) is 0 Å². The maximum Gasteiger partial charge on any atom is 0.296 e. The highest BCUT2D eigenvalue weighted by Gasteiger charge is 2.16. The van der Waals surface area contributed by atoms with E-state index in [0.29, 0.717) is 16.3 Å². The zero-order chi connectivity index (χ0) is 13.8. The van der Waals surface area contributed by atoms with Gasteiger partial charge in [-0.2, -0.15) is 0 Å². The highest BCUT2D eigenvalue weighted by atomic mass is 35.5. The number of hydrogen-bond acceptors (Lipinski definition) is 2. The van der Waals surface area contributed by atoms with Crippen LogP contribution >= 0.6 is 11.6 Å². The molecular weight excluding hydrogens is 262 g/mol. The summed E-state index contributed by atoms with van der Waals surface area (Å²) >= 11 is 5.73. The largest absolute Gasteiger partial charge is 0.319 e. The first kappa shape index (κ1) is 13.3. The summed E-state index contributed by atoms with van der Waals surface area (Å²) in [6, 6.07) is 13.5. The van der Waals surface area contributed by atoms with E-state index in [1.807, 2.05) is 19.1 Å². The van der Waals surface area contributed by atoms with Crippen LogP contribution in [0, 0.1) is 6.92 Å². The third kappa shape index (κ3) is 3.20. The number of aryl methyl sites for hydroxylation is 1. The van der Waals surface area contributed by atoms with Crippen LogP contribution in [0.3, 0.4) is 0 Å². The standard InChI is InChI=1S/C15H12ClNO2/c1-10-4-2-3-5-13(10)17-15(19)14(18)11-6-8-12(16)9-7-11/h2-9H,1H3,(H,17,19). The van der Waals surface area contributed by atoms with Crippen LogP contribution in [0.5, 0.6) is 0 Å². The lowest BCUT2D eigenvalue weighted by Crippen LogP contribution is -2.23. The number of carbonyl (C=O) groups excluding carboxylic acids is 2. The molecule has 2 aromatic carbocycles. The van der Waals surface area contributed by atoms with Crippen LogP contribution in [0.25, 0.3) is 0 Å². The lowest BCUT2D eigenvalue weighted by molar-refractivity contribution is -0.112. The average Bonchev–Trinajstić information content (AvgIpc) is 2.41. The van der Waals surface area contributed by atoms with E-state index < -0.39 is 11.7 Å². The summed E-state index contributed by atoms with van der Waals surface area (Å²) in [5.74, 6) is -1.24. The third-order valence-electron chi connectivity index (χ3n) is 2.71. The number of anilines is 1. The SMILES string of the molecule is Cc1ccccc1NC(=O)C(=O)c1ccc(Cl)cc1. The molecule has 0 bridgehead atoms. The van der Waals surface area contributed by atoms with Gasteiger partial charge >= 0.3 is 0 Å². The van der Waals surface area contributed by atoms with Gasteiger partial charge in [0.2, 0.25) is 0 Å². The minimum absolute atomic E-state index is 0.315. The Bertz CT molecular complexity index is 620. The van der Waals surface area contributed by atoms with Crippen LogP contribution in [-0.4, -0.2) is 11.7 Å². The number of amides is 1. The average molecular weight is 274 g/mol. The quantitative estimate of drug-likeness (QED) is 0.687. The number of ketones is 1. The molecule has 0 aliphatic carbocycles. The van der Waals surface area contributed by atoms with Crippen molar-refractivity contribution in [3.63, 3.8) is 0 Å². The van der Waals surface area contributed by atoms with Gasteiger partial charge < -0.3 is 5.32 Å². The van der Waals surface area contributed by atoms with Crippen molar-refractivity contribution in [2.24, 2.45) is 0 Å². The molecule has 0 aliphatic rings. The Morgan fingerprint density at radius 3 is 2.26 bits per heavy atom. The van der Waals surface area contributed by atoms with Crippen molar-refractivity contribution in [1.29, 1.82) is 0 Å². The van der Waals surface area contributed by atoms with Crippen molar-refractivity contribution < 1.29 is 9.59 Å². The van der Waals surface area contributed by atoms with Crippen LogP contribution in [0.1, 0.15) is 15.9 Å². The van der Waals surface area contributed by atoms with Gasteiger partial charge in [-0.25, -0.2) is 0 Å². The van der Waals surface area contributed by atoms with Crippen molar-refractivity contribution in [2.45, 2.75) is 6.92 Å². The smallest absolute Gasteiger partial charge is 0.296 e. The van der Waals surface area contributed by atoms with Gasteiger partial charge in [0.05, 0.1) is 0 Å². The minimum atomic E-state index is -0.656. The second kappa shape index (κ2) is 5.67. The second-order valence-corrected chi connectivity index (χ2v) is 4.54. The van der Waals surface area contributed by atoms with Crippen LogP contribution in [-0.2, 0) is 4.79 Å². The molecular formula is C15H12ClNO2. The maximum atomic E-state index is 11.9. The number of halogens is 1. The van der Waals surface area contributed by atoms with Crippen LogP contribution in [0.15, 0.2) is 48.5 Å². The summed E-state index contributed by atoms with van der Waals surface area (Å²) < 4.78 is 0. The minimum Gasteiger partial charge on any atom is -0.319 e. The van der Waals surface area contributed by atoms with Crippen molar-refractivity contribution >= 4 is 29.0 Å². The van der Waals surface area contributed by atoms with E-state index in [2.05, 4.69) is 5.32 Å². The molecule has 0 atom stereocenters. The summed E-state index contributed by atoms with van der Waals surface area (Å²) in [5.41, 5.74) is 1.85. The maximum absolute atomic E-state index is 11.9. The Balaban J connectivity index is 2.14. The van der Waals surface area contributed by atoms with E-state index in [1.165, 1.54) is 12.1 Å². The van der Waals surface area contributed by atoms with Crippen molar-refractivity contribution in [3.05, 3.63) is 64.7 Å². The van der Waals surface area contributed by atoms with E-state index in [-0.39, 0.29) is 0 Å². The zero-order valence-electron chi connectivity index (χ0n) is 10.3. The van der Waals surface area contributed by atoms with Crippen LogP contribution < -0.4 is 5.32 Å². The summed E-state index contributed by atoms with van der Waals surface area (Å²) in [4.78, 5) is 23.8. The molecule has 0 fully saturated rings. The summed E-state index contributed by atoms with van der Waals surface area (Å²) in [6.45, 7) is 1.86. The first-order chi connectivity index (χ1) is 9.08. The number of rotatable bonds is 3. The number of carbonyl (C=O) groups is 2. The fourth-order valence-corrected chi connectivity index (χ4v) is 1.75. The molecule has 19 heavy (non-hydrogen) atoms. The first-order valence-corrected chi connectivity index (χ1v) is 6.12. The third-order valence-corrected chi connectivity index (χ3v) is 2.96. The topological polar surface area (TPSA) is 46.2 Å². The molecule has 1 amide bonds. The zero-order valence-corrected chi connectivity index (χ0v) is 11.1. The Morgan fingerprint density at radius 2 is 1.63 bits per heavy atom. The van der Waals surface area contributed by atoms with Gasteiger partial charge in [-0.1, -0.05) is 29.8 Å². The number of benzene rings is 2. The predicted octanol–water partition coefficient (Wildman–Crippen LogP) is 3.47. The normalized spacial score (nSPS) is 10.0. The van der Waals surface area contributed by atoms with Gasteiger partial charge in [0, 0.05) is 16.3 Å². The Labute approximate surface area is 116 Å². The molecule has 0 radical (unpaired) electrons. The van der Waals surface area contributed by atoms with Gasteiger partial charge in [-0.3, -0.25) is 9.59 Å². The molecule has 0 saturated carbocycles. The fraction of sp³-hybridized carbons (Fsp3) is 0.0667. The molecule has 2 aromatic rings. The second-order valence-electron chi connectivity index (χ2n) is 4.11. The Hall–Kier alpha value is -2.13. The van der Waals surface area contributed by atoms with Crippen LogP contribution in [0.4, 0.5) is 5.69 Å². The molecule has 0 spiro atoms. The van der Waals surface area contributed by atoms with Crippen LogP contribution in [0.2, 0.25) is 5.02 Å². The lowest BCUT2D eigenvalue weighted by Gasteiger charge is -2.07. The van der Waals surface area contributed by atoms with E-state index >= 15 is 0 Å². The molecule has 0 saturated heterocycles. The molecule has 96 valence electrons. The highest BCUT2D eigenvalue weighted by molar-refractivity contribution is 6.46. The molecule has 0 aromatic heterocycles. The summed E-state index contributed by atoms with van der Waals surface area (Å²) in [7, 11) is 0. The van der Waals surface area contributed by atoms with Crippen molar-refractivity contribution in [2.75, 3.05) is 5.32 Å². The van der Waals surface area contributed by atoms with E-state index in [4.69, 9.17) is 11.6 Å². The molecule has 1 N–H and O–H groups in total. The van der Waals surface area contributed by atoms with E-state index in [9.17, 15) is 9.59 Å². The molecule has 0 heterocycles. The van der Waals surface area contributed by atoms with Gasteiger partial charge in [0.1, 0.15) is 0 Å². The van der Waals surface area contributed by atoms with Gasteiger partial charge in [0.25, 0.3) is 11.7 Å². The number of hydrogen-bond donors (Lipinski definition) is 1. The molecule has 0 unspecified atom stereocenters. The molecule has 2 rings (SSSR count). The molecule has 3 nitrogen and oxygen atoms in total. The van der Waals surface area contributed by atoms with E-state index in [1.54, 1.807) is 24.3 Å². The van der Waals surface area contributed by atoms with Crippen molar-refractivity contribution in [1.82, 2.24) is 0 Å². The predicted molar refractivity (Wildman–Crippen MR) is 75.6 cm³/mol. The number of Topliss-reactive ketones (excluding diaryl/α,β-unsaturated/α-hetero) is 1.